The molecule has 0 saturated heterocycles. The Bertz CT molecular complexity index is 316. The lowest BCUT2D eigenvalue weighted by Gasteiger charge is -2.30. The van der Waals surface area contributed by atoms with E-state index in [4.69, 9.17) is 20.9 Å². The average Bonchev–Trinajstić information content (AvgIpc) is 2.29. The van der Waals surface area contributed by atoms with Crippen LogP contribution in [0.25, 0.3) is 0 Å². The number of carboxylic acid groups (broad SMARTS) is 1. The standard InChI is InChI=1S/C10H19BF3NO5/c12-10(13,14)5-3-7(16)9(15,8(17)18)4-1-2-6-11(19)20/h7,16,19-20H,1-6,15H2,(H,17,18). The first-order chi connectivity index (χ1) is 8.99. The van der Waals surface area contributed by atoms with Gasteiger partial charge in [-0.3, -0.25) is 4.79 Å². The van der Waals surface area contributed by atoms with Gasteiger partial charge in [-0.25, -0.2) is 0 Å². The van der Waals surface area contributed by atoms with Gasteiger partial charge in [0.2, 0.25) is 0 Å². The lowest BCUT2D eigenvalue weighted by Crippen LogP contribution is -2.57. The number of halogens is 3. The highest BCUT2D eigenvalue weighted by Gasteiger charge is 2.42. The summed E-state index contributed by atoms with van der Waals surface area (Å²) in [5, 5.41) is 35.8. The molecule has 6 nitrogen and oxygen atoms in total. The lowest BCUT2D eigenvalue weighted by atomic mass is 9.80. The Labute approximate surface area is 114 Å². The molecule has 0 aromatic rings. The fraction of sp³-hybridized carbons (Fsp3) is 0.900. The van der Waals surface area contributed by atoms with Gasteiger partial charge in [-0.2, -0.15) is 13.2 Å². The Hall–Kier alpha value is -0.835. The smallest absolute Gasteiger partial charge is 0.451 e. The van der Waals surface area contributed by atoms with Crippen LogP contribution in [0.2, 0.25) is 6.32 Å². The normalized spacial score (nSPS) is 16.6. The van der Waals surface area contributed by atoms with Crippen molar-refractivity contribution >= 4 is 13.1 Å². The quantitative estimate of drug-likeness (QED) is 0.304. The highest BCUT2D eigenvalue weighted by Crippen LogP contribution is 2.27. The van der Waals surface area contributed by atoms with Gasteiger partial charge in [-0.05, 0) is 19.2 Å². The minimum atomic E-state index is -4.50. The fourth-order valence-corrected chi connectivity index (χ4v) is 1.72. The van der Waals surface area contributed by atoms with E-state index in [-0.39, 0.29) is 25.6 Å². The molecule has 0 radical (unpaired) electrons. The molecule has 0 heterocycles. The van der Waals surface area contributed by atoms with Crippen LogP contribution in [0.1, 0.15) is 32.1 Å². The SMILES string of the molecule is NC(CCCCB(O)O)(C(=O)O)C(O)CCC(F)(F)F. The van der Waals surface area contributed by atoms with E-state index in [1.165, 1.54) is 0 Å². The first-order valence-corrected chi connectivity index (χ1v) is 6.12. The van der Waals surface area contributed by atoms with Crippen LogP contribution in [0.4, 0.5) is 13.2 Å². The van der Waals surface area contributed by atoms with Crippen molar-refractivity contribution in [3.8, 4) is 0 Å². The van der Waals surface area contributed by atoms with E-state index in [0.29, 0.717) is 0 Å². The van der Waals surface area contributed by atoms with Crippen molar-refractivity contribution in [1.82, 2.24) is 0 Å². The zero-order valence-corrected chi connectivity index (χ0v) is 10.8. The minimum absolute atomic E-state index is 0.00561. The molecule has 6 N–H and O–H groups in total. The van der Waals surface area contributed by atoms with Crippen LogP contribution in [0.5, 0.6) is 0 Å². The lowest BCUT2D eigenvalue weighted by molar-refractivity contribution is -0.155. The number of aliphatic carboxylic acids is 1. The van der Waals surface area contributed by atoms with Crippen molar-refractivity contribution in [2.24, 2.45) is 5.73 Å². The highest BCUT2D eigenvalue weighted by atomic mass is 19.4. The molecule has 0 spiro atoms. The summed E-state index contributed by atoms with van der Waals surface area (Å²) in [6.45, 7) is 0. The van der Waals surface area contributed by atoms with Crippen LogP contribution >= 0.6 is 0 Å². The van der Waals surface area contributed by atoms with Crippen molar-refractivity contribution in [3.05, 3.63) is 0 Å². The monoisotopic (exact) mass is 301 g/mol. The molecule has 0 rings (SSSR count). The number of alkyl halides is 3. The molecule has 2 unspecified atom stereocenters. The van der Waals surface area contributed by atoms with Gasteiger partial charge in [0.05, 0.1) is 6.10 Å². The Morgan fingerprint density at radius 3 is 2.15 bits per heavy atom. The predicted octanol–water partition coefficient (Wildman–Crippen LogP) is 0.115. The molecule has 0 bridgehead atoms. The van der Waals surface area contributed by atoms with Gasteiger partial charge in [0.25, 0.3) is 0 Å². The molecular weight excluding hydrogens is 282 g/mol. The van der Waals surface area contributed by atoms with Gasteiger partial charge in [-0.15, -0.1) is 0 Å². The molecule has 0 amide bonds. The van der Waals surface area contributed by atoms with Crippen molar-refractivity contribution in [3.63, 3.8) is 0 Å². The van der Waals surface area contributed by atoms with Crippen LogP contribution in [0, 0.1) is 0 Å². The summed E-state index contributed by atoms with van der Waals surface area (Å²) in [7, 11) is -1.54. The number of carboxylic acids is 1. The van der Waals surface area contributed by atoms with Crippen LogP contribution in [0.15, 0.2) is 0 Å². The molecule has 118 valence electrons. The number of aliphatic hydroxyl groups excluding tert-OH is 1. The summed E-state index contributed by atoms with van der Waals surface area (Å²) in [5.74, 6) is -1.59. The second-order valence-corrected chi connectivity index (χ2v) is 4.74. The van der Waals surface area contributed by atoms with Gasteiger partial charge in [0.1, 0.15) is 5.54 Å². The third kappa shape index (κ3) is 7.08. The fourth-order valence-electron chi connectivity index (χ4n) is 1.72. The van der Waals surface area contributed by atoms with E-state index >= 15 is 0 Å². The molecule has 10 heteroatoms. The van der Waals surface area contributed by atoms with Crippen molar-refractivity contribution in [2.75, 3.05) is 0 Å². The molecule has 0 aliphatic rings. The van der Waals surface area contributed by atoms with Crippen molar-refractivity contribution in [1.29, 1.82) is 0 Å². The number of hydrogen-bond donors (Lipinski definition) is 5. The number of hydrogen-bond acceptors (Lipinski definition) is 5. The molecule has 0 aliphatic carbocycles. The van der Waals surface area contributed by atoms with E-state index in [1.807, 2.05) is 0 Å². The zero-order valence-electron chi connectivity index (χ0n) is 10.8. The summed E-state index contributed by atoms with van der Waals surface area (Å²) in [6, 6.07) is 0. The van der Waals surface area contributed by atoms with Gasteiger partial charge < -0.3 is 26.0 Å². The van der Waals surface area contributed by atoms with E-state index in [9.17, 15) is 23.1 Å². The predicted molar refractivity (Wildman–Crippen MR) is 64.7 cm³/mol. The third-order valence-electron chi connectivity index (χ3n) is 3.00. The molecule has 0 aliphatic heterocycles. The van der Waals surface area contributed by atoms with Gasteiger partial charge in [-0.1, -0.05) is 12.8 Å². The maximum atomic E-state index is 12.0. The Morgan fingerprint density at radius 2 is 1.75 bits per heavy atom. The summed E-state index contributed by atoms with van der Waals surface area (Å²) in [4.78, 5) is 11.1. The Morgan fingerprint density at radius 1 is 1.20 bits per heavy atom. The number of rotatable bonds is 9. The first kappa shape index (κ1) is 19.2. The zero-order chi connectivity index (χ0) is 16.0. The second-order valence-electron chi connectivity index (χ2n) is 4.74. The Kier molecular flexibility index (Phi) is 7.49. The maximum absolute atomic E-state index is 12.0. The number of unbranched alkanes of at least 4 members (excludes halogenated alkanes) is 1. The molecular formula is C10H19BF3NO5. The van der Waals surface area contributed by atoms with Crippen LogP contribution in [-0.4, -0.2) is 51.2 Å². The van der Waals surface area contributed by atoms with Crippen LogP contribution in [0.3, 0.4) is 0 Å². The largest absolute Gasteiger partial charge is 0.480 e. The topological polar surface area (TPSA) is 124 Å². The summed E-state index contributed by atoms with van der Waals surface area (Å²) in [6.07, 6.45) is -8.34. The molecule has 0 aromatic carbocycles. The molecule has 2 atom stereocenters. The molecule has 0 fully saturated rings. The van der Waals surface area contributed by atoms with Crippen LogP contribution in [-0.2, 0) is 4.79 Å². The average molecular weight is 301 g/mol. The van der Waals surface area contributed by atoms with E-state index < -0.39 is 43.7 Å². The maximum Gasteiger partial charge on any atom is 0.451 e. The summed E-state index contributed by atoms with van der Waals surface area (Å²) in [5.41, 5.74) is 3.31. The molecule has 0 aromatic heterocycles. The van der Waals surface area contributed by atoms with E-state index in [0.717, 1.165) is 0 Å². The highest BCUT2D eigenvalue weighted by molar-refractivity contribution is 6.40. The number of aliphatic hydroxyl groups is 1. The van der Waals surface area contributed by atoms with Gasteiger partial charge >= 0.3 is 19.3 Å². The number of carbonyl (C=O) groups is 1. The summed E-state index contributed by atoms with van der Waals surface area (Å²) >= 11 is 0. The van der Waals surface area contributed by atoms with Gasteiger partial charge in [0, 0.05) is 6.42 Å². The van der Waals surface area contributed by atoms with Crippen LogP contribution < -0.4 is 5.73 Å². The van der Waals surface area contributed by atoms with E-state index in [2.05, 4.69) is 0 Å². The third-order valence-corrected chi connectivity index (χ3v) is 3.00. The van der Waals surface area contributed by atoms with E-state index in [1.54, 1.807) is 0 Å². The molecule has 20 heavy (non-hydrogen) atoms. The molecule has 0 saturated carbocycles. The number of nitrogens with two attached hydrogens (primary N) is 1. The second kappa shape index (κ2) is 7.82. The first-order valence-electron chi connectivity index (χ1n) is 6.12. The Balaban J connectivity index is 4.46. The minimum Gasteiger partial charge on any atom is -0.480 e. The van der Waals surface area contributed by atoms with Gasteiger partial charge in [0.15, 0.2) is 0 Å². The summed E-state index contributed by atoms with van der Waals surface area (Å²) < 4.78 is 36.1. The van der Waals surface area contributed by atoms with Crippen molar-refractivity contribution < 1.29 is 38.2 Å². The van der Waals surface area contributed by atoms with Crippen molar-refractivity contribution in [2.45, 2.75) is 56.2 Å².